The van der Waals surface area contributed by atoms with E-state index < -0.39 is 41.0 Å². The molecule has 9 nitrogen and oxygen atoms in total. The first-order chi connectivity index (χ1) is 17.7. The largest absolute Gasteiger partial charge is 0.479 e. The lowest BCUT2D eigenvalue weighted by Crippen LogP contribution is -2.56. The van der Waals surface area contributed by atoms with E-state index in [1.807, 2.05) is 48.5 Å². The van der Waals surface area contributed by atoms with Gasteiger partial charge in [-0.3, -0.25) is 4.90 Å². The molecule has 0 spiro atoms. The lowest BCUT2D eigenvalue weighted by atomic mass is 9.92. The summed E-state index contributed by atoms with van der Waals surface area (Å²) < 4.78 is 17.0. The highest BCUT2D eigenvalue weighted by Crippen LogP contribution is 2.44. The number of carboxylic acids is 1. The van der Waals surface area contributed by atoms with Gasteiger partial charge in [0.2, 0.25) is 5.54 Å². The predicted octanol–water partition coefficient (Wildman–Crippen LogP) is 4.28. The molecule has 2 aromatic carbocycles. The molecule has 0 radical (unpaired) electrons. The second-order valence-corrected chi connectivity index (χ2v) is 11.4. The average Bonchev–Trinajstić information content (AvgIpc) is 3.33. The van der Waals surface area contributed by atoms with Gasteiger partial charge in [0.1, 0.15) is 17.9 Å². The molecule has 38 heavy (non-hydrogen) atoms. The van der Waals surface area contributed by atoms with E-state index in [4.69, 9.17) is 19.9 Å². The van der Waals surface area contributed by atoms with Crippen LogP contribution in [0.4, 0.5) is 4.79 Å². The number of ether oxygens (including phenoxy) is 3. The van der Waals surface area contributed by atoms with Crippen molar-refractivity contribution in [2.45, 2.75) is 76.3 Å². The summed E-state index contributed by atoms with van der Waals surface area (Å²) in [5.74, 6) is -2.70. The van der Waals surface area contributed by atoms with Crippen LogP contribution in [0.2, 0.25) is 0 Å². The molecule has 0 bridgehead atoms. The summed E-state index contributed by atoms with van der Waals surface area (Å²) in [6.45, 7) is 8.94. The number of carboxylic acid groups (broad SMARTS) is 1. The minimum absolute atomic E-state index is 0.0293. The summed E-state index contributed by atoms with van der Waals surface area (Å²) in [7, 11) is 0. The molecule has 1 fully saturated rings. The summed E-state index contributed by atoms with van der Waals surface area (Å²) in [6, 6.07) is 15.8. The van der Waals surface area contributed by atoms with E-state index in [0.717, 1.165) is 22.3 Å². The zero-order valence-electron chi connectivity index (χ0n) is 22.5. The highest BCUT2D eigenvalue weighted by atomic mass is 16.6. The van der Waals surface area contributed by atoms with Crippen molar-refractivity contribution in [3.8, 4) is 11.1 Å². The molecule has 204 valence electrons. The molecular weight excluding hydrogens is 488 g/mol. The number of benzene rings is 2. The summed E-state index contributed by atoms with van der Waals surface area (Å²) in [5.41, 5.74) is 6.42. The fraction of sp³-hybridized carbons (Fsp3) is 0.483. The molecule has 0 unspecified atom stereocenters. The zero-order chi connectivity index (χ0) is 27.9. The first-order valence-corrected chi connectivity index (χ1v) is 12.8. The lowest BCUT2D eigenvalue weighted by Gasteiger charge is -2.31. The van der Waals surface area contributed by atoms with Crippen LogP contribution in [0.15, 0.2) is 48.5 Å². The monoisotopic (exact) mass is 524 g/mol. The Morgan fingerprint density at radius 1 is 1.05 bits per heavy atom. The van der Waals surface area contributed by atoms with Gasteiger partial charge in [-0.2, -0.15) is 0 Å². The van der Waals surface area contributed by atoms with Crippen LogP contribution in [0.1, 0.15) is 64.5 Å². The SMILES string of the molecule is CC(C)(C)OC(=O)N1C[C@@H](CC[C@](N)(C(=O)O)C(=O)OCC2c3ccccc3-c3ccccc32)OC1(C)C. The van der Waals surface area contributed by atoms with Crippen LogP contribution in [-0.4, -0.2) is 64.2 Å². The molecule has 1 heterocycles. The lowest BCUT2D eigenvalue weighted by molar-refractivity contribution is -0.162. The fourth-order valence-electron chi connectivity index (χ4n) is 5.11. The first kappa shape index (κ1) is 27.6. The number of esters is 1. The van der Waals surface area contributed by atoms with Gasteiger partial charge in [0, 0.05) is 5.92 Å². The van der Waals surface area contributed by atoms with Gasteiger partial charge in [0.25, 0.3) is 0 Å². The number of aliphatic carboxylic acids is 1. The summed E-state index contributed by atoms with van der Waals surface area (Å²) in [5, 5.41) is 9.90. The minimum Gasteiger partial charge on any atom is -0.479 e. The first-order valence-electron chi connectivity index (χ1n) is 12.8. The van der Waals surface area contributed by atoms with E-state index in [9.17, 15) is 19.5 Å². The Bertz CT molecular complexity index is 1190. The molecule has 0 saturated carbocycles. The molecule has 0 aromatic heterocycles. The molecule has 4 rings (SSSR count). The second kappa shape index (κ2) is 10.0. The van der Waals surface area contributed by atoms with Gasteiger partial charge in [-0.05, 0) is 69.7 Å². The van der Waals surface area contributed by atoms with Crippen LogP contribution in [0, 0.1) is 0 Å². The number of fused-ring (bicyclic) bond motifs is 3. The molecule has 9 heteroatoms. The van der Waals surface area contributed by atoms with Crippen molar-refractivity contribution >= 4 is 18.0 Å². The number of carbonyl (C=O) groups is 3. The molecule has 2 aliphatic rings. The second-order valence-electron chi connectivity index (χ2n) is 11.4. The summed E-state index contributed by atoms with van der Waals surface area (Å²) in [4.78, 5) is 39.4. The molecular formula is C29H36N2O7. The third-order valence-electron chi connectivity index (χ3n) is 7.06. The number of rotatable bonds is 7. The Hall–Kier alpha value is -3.43. The van der Waals surface area contributed by atoms with E-state index in [2.05, 4.69) is 0 Å². The highest BCUT2D eigenvalue weighted by molar-refractivity contribution is 6.03. The maximum Gasteiger partial charge on any atom is 0.412 e. The van der Waals surface area contributed by atoms with E-state index in [1.54, 1.807) is 34.6 Å². The topological polar surface area (TPSA) is 128 Å². The summed E-state index contributed by atoms with van der Waals surface area (Å²) in [6.07, 6.45) is -1.14. The third-order valence-corrected chi connectivity index (χ3v) is 7.06. The quantitative estimate of drug-likeness (QED) is 0.406. The molecule has 2 aromatic rings. The van der Waals surface area contributed by atoms with E-state index >= 15 is 0 Å². The minimum atomic E-state index is -2.26. The maximum atomic E-state index is 13.1. The molecule has 1 aliphatic carbocycles. The number of nitrogens with zero attached hydrogens (tertiary/aromatic N) is 1. The van der Waals surface area contributed by atoms with Crippen LogP contribution >= 0.6 is 0 Å². The number of nitrogens with two attached hydrogens (primary N) is 1. The number of hydrogen-bond donors (Lipinski definition) is 2. The van der Waals surface area contributed by atoms with Crippen molar-refractivity contribution in [3.63, 3.8) is 0 Å². The van der Waals surface area contributed by atoms with E-state index in [1.165, 1.54) is 4.90 Å². The van der Waals surface area contributed by atoms with Crippen molar-refractivity contribution in [3.05, 3.63) is 59.7 Å². The molecule has 3 N–H and O–H groups in total. The van der Waals surface area contributed by atoms with Gasteiger partial charge in [-0.25, -0.2) is 14.4 Å². The van der Waals surface area contributed by atoms with Gasteiger partial charge in [-0.15, -0.1) is 0 Å². The van der Waals surface area contributed by atoms with Crippen LogP contribution in [0.25, 0.3) is 11.1 Å². The van der Waals surface area contributed by atoms with Gasteiger partial charge in [0.15, 0.2) is 0 Å². The molecule has 1 aliphatic heterocycles. The van der Waals surface area contributed by atoms with Crippen molar-refractivity contribution < 1.29 is 33.7 Å². The van der Waals surface area contributed by atoms with Crippen molar-refractivity contribution in [2.24, 2.45) is 5.73 Å². The number of amides is 1. The van der Waals surface area contributed by atoms with Crippen LogP contribution < -0.4 is 5.73 Å². The normalized spacial score (nSPS) is 19.8. The molecule has 2 atom stereocenters. The third kappa shape index (κ3) is 5.39. The molecule has 1 amide bonds. The maximum absolute atomic E-state index is 13.1. The van der Waals surface area contributed by atoms with E-state index in [-0.39, 0.29) is 31.9 Å². The zero-order valence-corrected chi connectivity index (χ0v) is 22.5. The molecule has 1 saturated heterocycles. The average molecular weight is 525 g/mol. The van der Waals surface area contributed by atoms with Crippen LogP contribution in [-0.2, 0) is 23.8 Å². The fourth-order valence-corrected chi connectivity index (χ4v) is 5.11. The Morgan fingerprint density at radius 2 is 1.61 bits per heavy atom. The standard InChI is InChI=1S/C29H36N2O7/c1-27(2,3)38-26(35)31-16-18(37-28(31,4)5)14-15-29(30,24(32)33)25(34)36-17-23-21-12-8-6-10-19(21)20-11-7-9-13-22(20)23/h6-13,18,23H,14-17,30H2,1-5H3,(H,32,33)/t18-,29+/m1/s1. The Morgan fingerprint density at radius 3 is 2.13 bits per heavy atom. The Kier molecular flexibility index (Phi) is 7.29. The van der Waals surface area contributed by atoms with Crippen LogP contribution in [0.3, 0.4) is 0 Å². The van der Waals surface area contributed by atoms with Gasteiger partial charge in [0.05, 0.1) is 12.6 Å². The summed E-state index contributed by atoms with van der Waals surface area (Å²) >= 11 is 0. The predicted molar refractivity (Wildman–Crippen MR) is 140 cm³/mol. The van der Waals surface area contributed by atoms with Crippen molar-refractivity contribution in [1.29, 1.82) is 0 Å². The number of hydrogen-bond acceptors (Lipinski definition) is 7. The van der Waals surface area contributed by atoms with Crippen LogP contribution in [0.5, 0.6) is 0 Å². The van der Waals surface area contributed by atoms with Gasteiger partial charge < -0.3 is 25.1 Å². The van der Waals surface area contributed by atoms with E-state index in [0.29, 0.717) is 0 Å². The van der Waals surface area contributed by atoms with Crippen molar-refractivity contribution in [2.75, 3.05) is 13.2 Å². The van der Waals surface area contributed by atoms with Gasteiger partial charge in [-0.1, -0.05) is 48.5 Å². The van der Waals surface area contributed by atoms with Gasteiger partial charge >= 0.3 is 18.0 Å². The highest BCUT2D eigenvalue weighted by Gasteiger charge is 2.48. The number of carbonyl (C=O) groups excluding carboxylic acids is 2. The van der Waals surface area contributed by atoms with Crippen molar-refractivity contribution in [1.82, 2.24) is 4.90 Å². The smallest absolute Gasteiger partial charge is 0.412 e. The Balaban J connectivity index is 1.42. The Labute approximate surface area is 222 Å².